The number of hydrogen-bond acceptors (Lipinski definition) is 13. The number of likely N-dealkylation sites (N-methyl/N-ethyl adjacent to an activating group) is 1. The average Bonchev–Trinajstić information content (AvgIpc) is 4.06. The molecule has 1 saturated carbocycles. The number of benzene rings is 3. The van der Waals surface area contributed by atoms with E-state index in [1.165, 1.54) is 30.6 Å². The van der Waals surface area contributed by atoms with E-state index in [9.17, 15) is 24.0 Å². The van der Waals surface area contributed by atoms with E-state index in [1.807, 2.05) is 18.2 Å². The van der Waals surface area contributed by atoms with Crippen LogP contribution in [0.1, 0.15) is 71.9 Å². The molecule has 2 heterocycles. The van der Waals surface area contributed by atoms with Crippen LogP contribution in [0.2, 0.25) is 0 Å². The van der Waals surface area contributed by atoms with Crippen LogP contribution in [0.4, 0.5) is 0 Å². The van der Waals surface area contributed by atoms with Crippen LogP contribution in [0.25, 0.3) is 22.5 Å². The van der Waals surface area contributed by atoms with Crippen molar-refractivity contribution in [2.24, 2.45) is 17.2 Å². The summed E-state index contributed by atoms with van der Waals surface area (Å²) in [7, 11) is 1.42. The van der Waals surface area contributed by atoms with Crippen molar-refractivity contribution < 1.29 is 33.4 Å². The van der Waals surface area contributed by atoms with Crippen LogP contribution in [0.3, 0.4) is 0 Å². The van der Waals surface area contributed by atoms with Crippen LogP contribution < -0.4 is 47.9 Å². The fourth-order valence-corrected chi connectivity index (χ4v) is 7.69. The molecule has 0 spiro atoms. The van der Waals surface area contributed by atoms with E-state index < -0.39 is 53.7 Å². The number of aromatic nitrogens is 2. The van der Waals surface area contributed by atoms with Gasteiger partial charge in [-0.2, -0.15) is 5.26 Å². The topological polar surface area (TPSA) is 283 Å². The van der Waals surface area contributed by atoms with Gasteiger partial charge in [0, 0.05) is 49.4 Å². The number of fused-ring (bicyclic) bond motifs is 5. The van der Waals surface area contributed by atoms with Crippen LogP contribution in [-0.4, -0.2) is 109 Å². The summed E-state index contributed by atoms with van der Waals surface area (Å²) in [6, 6.07) is 15.1. The van der Waals surface area contributed by atoms with Gasteiger partial charge in [-0.25, -0.2) is 9.97 Å². The molecule has 6 rings (SSSR count). The number of amides is 5. The predicted octanol–water partition coefficient (Wildman–Crippen LogP) is 1.68. The molecular weight excluding hydrogens is 831 g/mol. The Morgan fingerprint density at radius 3 is 2.22 bits per heavy atom. The van der Waals surface area contributed by atoms with Gasteiger partial charge in [-0.1, -0.05) is 43.3 Å². The first-order chi connectivity index (χ1) is 31.2. The first-order valence-corrected chi connectivity index (χ1v) is 21.6. The minimum absolute atomic E-state index is 0.00375. The van der Waals surface area contributed by atoms with Crippen LogP contribution in [0.15, 0.2) is 66.9 Å². The van der Waals surface area contributed by atoms with Gasteiger partial charge in [0.15, 0.2) is 5.82 Å². The molecule has 4 aromatic rings. The Hall–Kier alpha value is -6.94. The lowest BCUT2D eigenvalue weighted by molar-refractivity contribution is -0.141. The third-order valence-corrected chi connectivity index (χ3v) is 11.7. The zero-order chi connectivity index (χ0) is 46.8. The van der Waals surface area contributed by atoms with Crippen LogP contribution in [0, 0.1) is 18.3 Å². The predicted molar refractivity (Wildman–Crippen MR) is 242 cm³/mol. The number of nitrogens with zero attached hydrogens (tertiary/aromatic N) is 4. The Balaban J connectivity index is 1.36. The van der Waals surface area contributed by atoms with Crippen molar-refractivity contribution in [3.05, 3.63) is 94.8 Å². The Labute approximate surface area is 378 Å². The number of ether oxygens (including phenoxy) is 2. The summed E-state index contributed by atoms with van der Waals surface area (Å²) < 4.78 is 12.2. The second-order valence-electron chi connectivity index (χ2n) is 16.5. The number of nitrogens with two attached hydrogens (primary N) is 3. The van der Waals surface area contributed by atoms with E-state index in [4.69, 9.17) is 31.9 Å². The van der Waals surface area contributed by atoms with Gasteiger partial charge in [0.1, 0.15) is 55.4 Å². The van der Waals surface area contributed by atoms with Crippen LogP contribution in [-0.2, 0) is 31.0 Å². The van der Waals surface area contributed by atoms with Gasteiger partial charge in [0.2, 0.25) is 23.6 Å². The number of rotatable bonds is 16. The first-order valence-electron chi connectivity index (χ1n) is 21.6. The second kappa shape index (κ2) is 21.2. The van der Waals surface area contributed by atoms with Gasteiger partial charge < -0.3 is 52.8 Å². The van der Waals surface area contributed by atoms with Crippen molar-refractivity contribution in [1.29, 1.82) is 5.26 Å². The Morgan fingerprint density at radius 2 is 1.60 bits per heavy atom. The van der Waals surface area contributed by atoms with Gasteiger partial charge in [0.25, 0.3) is 5.91 Å². The van der Waals surface area contributed by atoms with Crippen molar-refractivity contribution in [3.8, 4) is 40.1 Å². The smallest absolute Gasteiger partial charge is 0.255 e. The maximum Gasteiger partial charge on any atom is 0.255 e. The molecule has 0 saturated heterocycles. The lowest BCUT2D eigenvalue weighted by Crippen LogP contribution is -2.56. The van der Waals surface area contributed by atoms with Gasteiger partial charge in [0.05, 0.1) is 17.3 Å². The molecule has 5 amide bonds. The van der Waals surface area contributed by atoms with Crippen LogP contribution >= 0.6 is 0 Å². The molecule has 1 aliphatic heterocycles. The fourth-order valence-electron chi connectivity index (χ4n) is 7.69. The Morgan fingerprint density at radius 1 is 0.938 bits per heavy atom. The SMILES string of the molecule is Cc1nc(-c2ccc(C3(C)CC3)cc2)ncc1C(=O)NC(CCN)C(=O)N(C)[C@@H]1C(=O)N[C@@H](C)C(=O)N[C@H](C(=O)NCC#N)Cc2ccc(OCCN)c(c2)-c2cc1ccc2OCCN. The molecule has 0 radical (unpaired) electrons. The highest BCUT2D eigenvalue weighted by Crippen LogP contribution is 2.47. The third kappa shape index (κ3) is 11.2. The van der Waals surface area contributed by atoms with Crippen molar-refractivity contribution in [1.82, 2.24) is 36.1 Å². The minimum atomic E-state index is -1.40. The zero-order valence-electron chi connectivity index (χ0n) is 37.1. The van der Waals surface area contributed by atoms with Crippen molar-refractivity contribution in [2.75, 3.05) is 46.4 Å². The molecule has 18 heteroatoms. The van der Waals surface area contributed by atoms with Crippen LogP contribution in [0.5, 0.6) is 11.5 Å². The van der Waals surface area contributed by atoms with E-state index in [-0.39, 0.29) is 63.2 Å². The maximum absolute atomic E-state index is 14.6. The lowest BCUT2D eigenvalue weighted by Gasteiger charge is -2.32. The van der Waals surface area contributed by atoms with Crippen molar-refractivity contribution >= 4 is 29.5 Å². The summed E-state index contributed by atoms with van der Waals surface area (Å²) in [5.41, 5.74) is 22.4. The Kier molecular flexibility index (Phi) is 15.5. The highest BCUT2D eigenvalue weighted by molar-refractivity contribution is 6.00. The zero-order valence-corrected chi connectivity index (χ0v) is 37.1. The number of carbonyl (C=O) groups excluding carboxylic acids is 5. The molecule has 1 aliphatic carbocycles. The maximum atomic E-state index is 14.6. The molecule has 4 atom stereocenters. The lowest BCUT2D eigenvalue weighted by atomic mass is 9.93. The van der Waals surface area contributed by atoms with Gasteiger partial charge in [-0.05, 0) is 86.0 Å². The Bertz CT molecular complexity index is 2450. The quantitative estimate of drug-likeness (QED) is 0.0790. The molecule has 1 fully saturated rings. The number of hydrogen-bond donors (Lipinski definition) is 7. The molecular formula is C47H57N11O7. The average molecular weight is 888 g/mol. The van der Waals surface area contributed by atoms with E-state index in [2.05, 4.69) is 50.3 Å². The van der Waals surface area contributed by atoms with E-state index >= 15 is 0 Å². The number of nitriles is 1. The summed E-state index contributed by atoms with van der Waals surface area (Å²) in [4.78, 5) is 80.4. The monoisotopic (exact) mass is 887 g/mol. The molecule has 65 heavy (non-hydrogen) atoms. The molecule has 3 aromatic carbocycles. The molecule has 18 nitrogen and oxygen atoms in total. The largest absolute Gasteiger partial charge is 0.492 e. The van der Waals surface area contributed by atoms with E-state index in [0.29, 0.717) is 45.3 Å². The summed E-state index contributed by atoms with van der Waals surface area (Å²) >= 11 is 0. The van der Waals surface area contributed by atoms with Gasteiger partial charge >= 0.3 is 0 Å². The van der Waals surface area contributed by atoms with Gasteiger partial charge in [-0.3, -0.25) is 24.0 Å². The number of carbonyl (C=O) groups is 5. The molecule has 342 valence electrons. The van der Waals surface area contributed by atoms with E-state index in [1.54, 1.807) is 43.3 Å². The summed E-state index contributed by atoms with van der Waals surface area (Å²) in [6.07, 6.45) is 3.73. The highest BCUT2D eigenvalue weighted by atomic mass is 16.5. The minimum Gasteiger partial charge on any atom is -0.492 e. The standard InChI is InChI=1S/C47H57N11O7/c1-27-35(26-53-41(54-27)30-6-9-32(10-7-30)47(3)14-15-47)43(60)56-36(13-16-48)46(63)58(4)40-31-8-12-39(65-22-19-51)34(25-31)33-23-29(5-11-38(33)64-21-18-50)24-37(44(61)52-20-17-49)57-42(59)28(2)55-45(40)62/h5-12,23,25-26,28,36-37,40H,13-16,18-22,24,48,50-51H2,1-4H3,(H,52,61)(H,55,62)(H,56,60)(H,57,59)/t28-,36?,37-,40-/m0/s1. The van der Waals surface area contributed by atoms with Crippen molar-refractivity contribution in [2.45, 2.75) is 76.0 Å². The summed E-state index contributed by atoms with van der Waals surface area (Å²) in [5.74, 6) is -2.12. The summed E-state index contributed by atoms with van der Waals surface area (Å²) in [5, 5.41) is 19.9. The molecule has 4 bridgehead atoms. The molecule has 1 aromatic heterocycles. The third-order valence-electron chi connectivity index (χ3n) is 11.7. The molecule has 10 N–H and O–H groups in total. The normalized spacial score (nSPS) is 18.1. The number of aryl methyl sites for hydroxylation is 1. The molecule has 1 unspecified atom stereocenters. The first kappa shape index (κ1) is 47.5. The fraction of sp³-hybridized carbons (Fsp3) is 0.404. The number of nitrogens with one attached hydrogen (secondary N) is 4. The highest BCUT2D eigenvalue weighted by Gasteiger charge is 2.39. The van der Waals surface area contributed by atoms with Crippen molar-refractivity contribution in [3.63, 3.8) is 0 Å². The molecule has 2 aliphatic rings. The van der Waals surface area contributed by atoms with Gasteiger partial charge in [-0.15, -0.1) is 0 Å². The summed E-state index contributed by atoms with van der Waals surface area (Å²) in [6.45, 7) is 5.74. The van der Waals surface area contributed by atoms with E-state index in [0.717, 1.165) is 18.4 Å². The second-order valence-corrected chi connectivity index (χ2v) is 16.5.